The first-order valence-electron chi connectivity index (χ1n) is 6.22. The Morgan fingerprint density at radius 2 is 2.17 bits per heavy atom. The molecule has 1 N–H and O–H groups in total. The zero-order valence-electron chi connectivity index (χ0n) is 10.8. The summed E-state index contributed by atoms with van der Waals surface area (Å²) in [5.74, 6) is 0.502. The molecular formula is C13H19N3O2. The highest BCUT2D eigenvalue weighted by molar-refractivity contribution is 5.94. The summed E-state index contributed by atoms with van der Waals surface area (Å²) in [6, 6.07) is 3.42. The Bertz CT molecular complexity index is 414. The van der Waals surface area contributed by atoms with Crippen LogP contribution in [0.1, 0.15) is 23.2 Å². The molecular weight excluding hydrogens is 230 g/mol. The normalized spacial score (nSPS) is 16.3. The van der Waals surface area contributed by atoms with Gasteiger partial charge in [0.25, 0.3) is 5.91 Å². The standard InChI is InChI=1S/C13H19N3O2/c1-16(2)13(17)10-3-8-15-12(9-10)18-11-4-6-14-7-5-11/h3,8-9,11,14H,4-7H2,1-2H3. The van der Waals surface area contributed by atoms with Crippen molar-refractivity contribution < 1.29 is 9.53 Å². The number of nitrogens with zero attached hydrogens (tertiary/aromatic N) is 2. The number of carbonyl (C=O) groups is 1. The second-order valence-electron chi connectivity index (χ2n) is 4.65. The number of rotatable bonds is 3. The number of piperidine rings is 1. The van der Waals surface area contributed by atoms with E-state index < -0.39 is 0 Å². The van der Waals surface area contributed by atoms with Gasteiger partial charge in [-0.2, -0.15) is 0 Å². The molecule has 2 heterocycles. The van der Waals surface area contributed by atoms with Crippen molar-refractivity contribution in [2.24, 2.45) is 0 Å². The minimum atomic E-state index is -0.0347. The summed E-state index contributed by atoms with van der Waals surface area (Å²) in [5.41, 5.74) is 0.610. The van der Waals surface area contributed by atoms with Crippen LogP contribution in [0.4, 0.5) is 0 Å². The highest BCUT2D eigenvalue weighted by atomic mass is 16.5. The van der Waals surface area contributed by atoms with Crippen molar-refractivity contribution in [1.82, 2.24) is 15.2 Å². The van der Waals surface area contributed by atoms with Crippen LogP contribution in [0.5, 0.6) is 5.88 Å². The number of aromatic nitrogens is 1. The number of nitrogens with one attached hydrogen (secondary N) is 1. The average Bonchev–Trinajstić information content (AvgIpc) is 2.39. The molecule has 0 atom stereocenters. The van der Waals surface area contributed by atoms with Crippen LogP contribution in [0, 0.1) is 0 Å². The fraction of sp³-hybridized carbons (Fsp3) is 0.538. The van der Waals surface area contributed by atoms with Crippen molar-refractivity contribution in [3.8, 4) is 5.88 Å². The SMILES string of the molecule is CN(C)C(=O)c1ccnc(OC2CCNCC2)c1. The summed E-state index contributed by atoms with van der Waals surface area (Å²) in [4.78, 5) is 17.5. The van der Waals surface area contributed by atoms with Crippen LogP contribution in [-0.4, -0.2) is 49.1 Å². The largest absolute Gasteiger partial charge is 0.474 e. The molecule has 5 nitrogen and oxygen atoms in total. The minimum absolute atomic E-state index is 0.0347. The van der Waals surface area contributed by atoms with Crippen molar-refractivity contribution in [3.05, 3.63) is 23.9 Å². The van der Waals surface area contributed by atoms with E-state index in [-0.39, 0.29) is 12.0 Å². The summed E-state index contributed by atoms with van der Waals surface area (Å²) in [5, 5.41) is 3.28. The molecule has 0 saturated carbocycles. The summed E-state index contributed by atoms with van der Waals surface area (Å²) in [6.45, 7) is 1.95. The van der Waals surface area contributed by atoms with Crippen LogP contribution >= 0.6 is 0 Å². The molecule has 1 aliphatic heterocycles. The number of hydrogen-bond acceptors (Lipinski definition) is 4. The molecule has 0 bridgehead atoms. The Morgan fingerprint density at radius 1 is 1.44 bits per heavy atom. The molecule has 0 aliphatic carbocycles. The third-order valence-corrected chi connectivity index (χ3v) is 2.96. The Hall–Kier alpha value is -1.62. The minimum Gasteiger partial charge on any atom is -0.474 e. The van der Waals surface area contributed by atoms with E-state index in [1.807, 2.05) is 0 Å². The lowest BCUT2D eigenvalue weighted by Gasteiger charge is -2.23. The smallest absolute Gasteiger partial charge is 0.253 e. The lowest BCUT2D eigenvalue weighted by molar-refractivity contribution is 0.0826. The maximum absolute atomic E-state index is 11.8. The Morgan fingerprint density at radius 3 is 2.83 bits per heavy atom. The molecule has 1 aromatic rings. The molecule has 98 valence electrons. The van der Waals surface area contributed by atoms with Gasteiger partial charge in [0.1, 0.15) is 6.10 Å². The van der Waals surface area contributed by atoms with E-state index in [9.17, 15) is 4.79 Å². The average molecular weight is 249 g/mol. The van der Waals surface area contributed by atoms with E-state index >= 15 is 0 Å². The maximum Gasteiger partial charge on any atom is 0.253 e. The summed E-state index contributed by atoms with van der Waals surface area (Å²) >= 11 is 0. The van der Waals surface area contributed by atoms with Gasteiger partial charge in [-0.05, 0) is 32.0 Å². The van der Waals surface area contributed by atoms with Gasteiger partial charge in [0.05, 0.1) is 0 Å². The third-order valence-electron chi connectivity index (χ3n) is 2.96. The molecule has 0 unspecified atom stereocenters. The van der Waals surface area contributed by atoms with Crippen LogP contribution in [-0.2, 0) is 0 Å². The monoisotopic (exact) mass is 249 g/mol. The quantitative estimate of drug-likeness (QED) is 0.865. The van der Waals surface area contributed by atoms with Crippen molar-refractivity contribution in [1.29, 1.82) is 0 Å². The van der Waals surface area contributed by atoms with E-state index in [2.05, 4.69) is 10.3 Å². The van der Waals surface area contributed by atoms with Crippen LogP contribution in [0.3, 0.4) is 0 Å². The number of amides is 1. The zero-order valence-corrected chi connectivity index (χ0v) is 10.8. The van der Waals surface area contributed by atoms with E-state index in [0.29, 0.717) is 11.4 Å². The van der Waals surface area contributed by atoms with E-state index in [0.717, 1.165) is 25.9 Å². The fourth-order valence-corrected chi connectivity index (χ4v) is 1.95. The predicted octanol–water partition coefficient (Wildman–Crippen LogP) is 0.914. The van der Waals surface area contributed by atoms with Gasteiger partial charge in [-0.1, -0.05) is 0 Å². The fourth-order valence-electron chi connectivity index (χ4n) is 1.95. The molecule has 2 rings (SSSR count). The zero-order chi connectivity index (χ0) is 13.0. The second-order valence-corrected chi connectivity index (χ2v) is 4.65. The van der Waals surface area contributed by atoms with Crippen LogP contribution in [0.25, 0.3) is 0 Å². The topological polar surface area (TPSA) is 54.5 Å². The van der Waals surface area contributed by atoms with E-state index in [1.165, 1.54) is 0 Å². The number of pyridine rings is 1. The van der Waals surface area contributed by atoms with E-state index in [1.54, 1.807) is 37.3 Å². The van der Waals surface area contributed by atoms with Gasteiger partial charge < -0.3 is 15.0 Å². The van der Waals surface area contributed by atoms with Crippen molar-refractivity contribution in [2.45, 2.75) is 18.9 Å². The van der Waals surface area contributed by atoms with Gasteiger partial charge >= 0.3 is 0 Å². The molecule has 1 fully saturated rings. The number of hydrogen-bond donors (Lipinski definition) is 1. The van der Waals surface area contributed by atoms with Gasteiger partial charge in [0, 0.05) is 31.9 Å². The molecule has 0 radical (unpaired) electrons. The van der Waals surface area contributed by atoms with Gasteiger partial charge in [0.15, 0.2) is 0 Å². The Labute approximate surface area is 107 Å². The van der Waals surface area contributed by atoms with Gasteiger partial charge in [0.2, 0.25) is 5.88 Å². The summed E-state index contributed by atoms with van der Waals surface area (Å²) in [6.07, 6.45) is 3.78. The third kappa shape index (κ3) is 3.20. The molecule has 0 aromatic carbocycles. The van der Waals surface area contributed by atoms with Gasteiger partial charge in [-0.15, -0.1) is 0 Å². The van der Waals surface area contributed by atoms with Crippen molar-refractivity contribution in [3.63, 3.8) is 0 Å². The lowest BCUT2D eigenvalue weighted by Crippen LogP contribution is -2.34. The molecule has 5 heteroatoms. The number of ether oxygens (including phenoxy) is 1. The second kappa shape index (κ2) is 5.82. The predicted molar refractivity (Wildman–Crippen MR) is 68.8 cm³/mol. The van der Waals surface area contributed by atoms with Crippen LogP contribution in [0.15, 0.2) is 18.3 Å². The first kappa shape index (κ1) is 12.8. The molecule has 1 aromatic heterocycles. The van der Waals surface area contributed by atoms with Crippen LogP contribution < -0.4 is 10.1 Å². The van der Waals surface area contributed by atoms with Gasteiger partial charge in [-0.25, -0.2) is 4.98 Å². The lowest BCUT2D eigenvalue weighted by atomic mass is 10.1. The van der Waals surface area contributed by atoms with Crippen molar-refractivity contribution >= 4 is 5.91 Å². The molecule has 1 amide bonds. The molecule has 0 spiro atoms. The summed E-state index contributed by atoms with van der Waals surface area (Å²) < 4.78 is 5.80. The van der Waals surface area contributed by atoms with Crippen molar-refractivity contribution in [2.75, 3.05) is 27.2 Å². The van der Waals surface area contributed by atoms with E-state index in [4.69, 9.17) is 4.74 Å². The van der Waals surface area contributed by atoms with Crippen LogP contribution in [0.2, 0.25) is 0 Å². The Kier molecular flexibility index (Phi) is 4.15. The highest BCUT2D eigenvalue weighted by Crippen LogP contribution is 2.16. The molecule has 1 saturated heterocycles. The molecule has 1 aliphatic rings. The number of carbonyl (C=O) groups excluding carboxylic acids is 1. The first-order chi connectivity index (χ1) is 8.66. The van der Waals surface area contributed by atoms with Gasteiger partial charge in [-0.3, -0.25) is 4.79 Å². The first-order valence-corrected chi connectivity index (χ1v) is 6.22. The Balaban J connectivity index is 2.04. The summed E-state index contributed by atoms with van der Waals surface area (Å²) in [7, 11) is 3.46. The maximum atomic E-state index is 11.8. The molecule has 18 heavy (non-hydrogen) atoms. The highest BCUT2D eigenvalue weighted by Gasteiger charge is 2.16.